The molecule has 2 heterocycles. The van der Waals surface area contributed by atoms with Gasteiger partial charge in [0.05, 0.1) is 11.5 Å². The summed E-state index contributed by atoms with van der Waals surface area (Å²) in [5.74, 6) is -0.349. The number of aryl methyl sites for hydroxylation is 1. The molecule has 8 nitrogen and oxygen atoms in total. The van der Waals surface area contributed by atoms with Crippen molar-refractivity contribution in [2.45, 2.75) is 25.7 Å². The van der Waals surface area contributed by atoms with E-state index >= 15 is 0 Å². The van der Waals surface area contributed by atoms with Crippen molar-refractivity contribution < 1.29 is 14.4 Å². The maximum Gasteiger partial charge on any atom is 0.330 e. The lowest BCUT2D eigenvalue weighted by Gasteiger charge is -2.17. The van der Waals surface area contributed by atoms with E-state index in [9.17, 15) is 10.1 Å². The van der Waals surface area contributed by atoms with Crippen molar-refractivity contribution in [3.05, 3.63) is 16.3 Å². The predicted octanol–water partition coefficient (Wildman–Crippen LogP) is 0.892. The molecular formula is C10H16N4O4. The average molecular weight is 256 g/mol. The Morgan fingerprint density at radius 3 is 3.00 bits per heavy atom. The van der Waals surface area contributed by atoms with Crippen molar-refractivity contribution in [1.29, 1.82) is 0 Å². The van der Waals surface area contributed by atoms with Crippen molar-refractivity contribution in [3.8, 4) is 0 Å². The van der Waals surface area contributed by atoms with Crippen molar-refractivity contribution in [2.75, 3.05) is 18.5 Å². The van der Waals surface area contributed by atoms with Crippen molar-refractivity contribution in [1.82, 2.24) is 9.78 Å². The maximum absolute atomic E-state index is 10.8. The number of nitrogens with zero attached hydrogens (tertiary/aromatic N) is 3. The number of nitrogens with one attached hydrogen (secondary N) is 1. The Bertz CT molecular complexity index is 457. The van der Waals surface area contributed by atoms with Crippen LogP contribution in [0.5, 0.6) is 0 Å². The molecule has 0 aliphatic carbocycles. The number of aromatic nitrogens is 2. The Morgan fingerprint density at radius 1 is 1.72 bits per heavy atom. The lowest BCUT2D eigenvalue weighted by molar-refractivity contribution is -0.384. The van der Waals surface area contributed by atoms with Crippen LogP contribution < -0.4 is 5.32 Å². The van der Waals surface area contributed by atoms with Crippen LogP contribution in [0.4, 0.5) is 11.5 Å². The number of hydrogen-bond donors (Lipinski definition) is 1. The minimum Gasteiger partial charge on any atom is -0.360 e. The third kappa shape index (κ3) is 2.77. The molecule has 1 aliphatic heterocycles. The molecule has 8 heteroatoms. The molecule has 1 saturated heterocycles. The molecule has 0 spiro atoms. The van der Waals surface area contributed by atoms with E-state index < -0.39 is 10.7 Å². The summed E-state index contributed by atoms with van der Waals surface area (Å²) in [6.07, 6.45) is 1.22. The molecule has 18 heavy (non-hydrogen) atoms. The van der Waals surface area contributed by atoms with Crippen LogP contribution in [-0.2, 0) is 16.5 Å². The average Bonchev–Trinajstić information content (AvgIpc) is 2.78. The highest BCUT2D eigenvalue weighted by Gasteiger charge is 2.33. The fourth-order valence-electron chi connectivity index (χ4n) is 1.81. The van der Waals surface area contributed by atoms with E-state index in [2.05, 4.69) is 10.4 Å². The Kier molecular flexibility index (Phi) is 3.22. The van der Waals surface area contributed by atoms with E-state index in [0.29, 0.717) is 13.2 Å². The fourth-order valence-corrected chi connectivity index (χ4v) is 1.81. The van der Waals surface area contributed by atoms with Gasteiger partial charge in [-0.2, -0.15) is 0 Å². The van der Waals surface area contributed by atoms with E-state index in [4.69, 9.17) is 9.47 Å². The third-order valence-corrected chi connectivity index (χ3v) is 2.57. The van der Waals surface area contributed by atoms with Gasteiger partial charge in [-0.05, 0) is 13.8 Å². The summed E-state index contributed by atoms with van der Waals surface area (Å²) in [4.78, 5) is 10.3. The molecule has 1 fully saturated rings. The van der Waals surface area contributed by atoms with E-state index in [0.717, 1.165) is 0 Å². The van der Waals surface area contributed by atoms with E-state index in [1.165, 1.54) is 10.9 Å². The lowest BCUT2D eigenvalue weighted by Crippen LogP contribution is -2.26. The Labute approximate surface area is 104 Å². The van der Waals surface area contributed by atoms with E-state index in [1.54, 1.807) is 7.05 Å². The second-order valence-electron chi connectivity index (χ2n) is 4.63. The number of ether oxygens (including phenoxy) is 2. The number of nitro groups is 1. The second-order valence-corrected chi connectivity index (χ2v) is 4.63. The smallest absolute Gasteiger partial charge is 0.330 e. The van der Waals surface area contributed by atoms with Gasteiger partial charge < -0.3 is 14.8 Å². The monoisotopic (exact) mass is 256 g/mol. The van der Waals surface area contributed by atoms with Crippen LogP contribution in [0.15, 0.2) is 6.20 Å². The predicted molar refractivity (Wildman–Crippen MR) is 63.3 cm³/mol. The molecule has 1 unspecified atom stereocenters. The molecule has 0 radical (unpaired) electrons. The van der Waals surface area contributed by atoms with Gasteiger partial charge in [0.15, 0.2) is 5.79 Å². The summed E-state index contributed by atoms with van der Waals surface area (Å²) >= 11 is 0. The number of anilines is 1. The summed E-state index contributed by atoms with van der Waals surface area (Å²) in [5.41, 5.74) is -0.0457. The summed E-state index contributed by atoms with van der Waals surface area (Å²) < 4.78 is 12.4. The number of rotatable bonds is 4. The van der Waals surface area contributed by atoms with Crippen LogP contribution in [0.2, 0.25) is 0 Å². The highest BCUT2D eigenvalue weighted by Crippen LogP contribution is 2.24. The summed E-state index contributed by atoms with van der Waals surface area (Å²) in [5, 5.41) is 17.7. The van der Waals surface area contributed by atoms with Gasteiger partial charge >= 0.3 is 5.69 Å². The highest BCUT2D eigenvalue weighted by atomic mass is 16.7. The SMILES string of the molecule is Cn1cc([N+](=O)[O-])c(NCC2COC(C)(C)O2)n1. The normalized spacial score (nSPS) is 22.1. The van der Waals surface area contributed by atoms with Crippen LogP contribution in [-0.4, -0.2) is 39.7 Å². The van der Waals surface area contributed by atoms with Gasteiger partial charge in [0.2, 0.25) is 5.82 Å². The molecular weight excluding hydrogens is 240 g/mol. The second kappa shape index (κ2) is 4.54. The Morgan fingerprint density at radius 2 is 2.44 bits per heavy atom. The molecule has 0 saturated carbocycles. The fraction of sp³-hybridized carbons (Fsp3) is 0.700. The number of hydrogen-bond acceptors (Lipinski definition) is 6. The van der Waals surface area contributed by atoms with Gasteiger partial charge in [0.25, 0.3) is 0 Å². The molecule has 0 bridgehead atoms. The first kappa shape index (κ1) is 12.8. The van der Waals surface area contributed by atoms with E-state index in [-0.39, 0.29) is 17.6 Å². The molecule has 2 rings (SSSR count). The molecule has 0 amide bonds. The van der Waals surface area contributed by atoms with E-state index in [1.807, 2.05) is 13.8 Å². The molecule has 0 aromatic carbocycles. The van der Waals surface area contributed by atoms with Crippen molar-refractivity contribution in [3.63, 3.8) is 0 Å². The molecule has 1 aromatic heterocycles. The van der Waals surface area contributed by atoms with Gasteiger partial charge in [-0.1, -0.05) is 0 Å². The summed E-state index contributed by atoms with van der Waals surface area (Å²) in [6, 6.07) is 0. The first-order valence-electron chi connectivity index (χ1n) is 5.61. The van der Waals surface area contributed by atoms with Crippen LogP contribution >= 0.6 is 0 Å². The van der Waals surface area contributed by atoms with Gasteiger partial charge in [-0.15, -0.1) is 5.10 Å². The summed E-state index contributed by atoms with van der Waals surface area (Å²) in [6.45, 7) is 4.54. The van der Waals surface area contributed by atoms with Gasteiger partial charge in [-0.25, -0.2) is 0 Å². The largest absolute Gasteiger partial charge is 0.360 e. The quantitative estimate of drug-likeness (QED) is 0.635. The van der Waals surface area contributed by atoms with Gasteiger partial charge in [0.1, 0.15) is 12.3 Å². The van der Waals surface area contributed by atoms with Crippen LogP contribution in [0.25, 0.3) is 0 Å². The maximum atomic E-state index is 10.8. The molecule has 1 N–H and O–H groups in total. The standard InChI is InChI=1S/C10H16N4O4/c1-10(2)17-6-7(18-10)4-11-9-8(14(15)16)5-13(3)12-9/h5,7H,4,6H2,1-3H3,(H,11,12). The minimum atomic E-state index is -0.595. The van der Waals surface area contributed by atoms with Gasteiger partial charge in [-0.3, -0.25) is 14.8 Å². The molecule has 1 aromatic rings. The molecule has 1 aliphatic rings. The zero-order chi connectivity index (χ0) is 13.3. The highest BCUT2D eigenvalue weighted by molar-refractivity contribution is 5.54. The first-order chi connectivity index (χ1) is 8.37. The first-order valence-corrected chi connectivity index (χ1v) is 5.61. The van der Waals surface area contributed by atoms with Crippen molar-refractivity contribution in [2.24, 2.45) is 7.05 Å². The molecule has 100 valence electrons. The zero-order valence-electron chi connectivity index (χ0n) is 10.5. The van der Waals surface area contributed by atoms with Crippen molar-refractivity contribution >= 4 is 11.5 Å². The van der Waals surface area contributed by atoms with Crippen LogP contribution in [0.1, 0.15) is 13.8 Å². The zero-order valence-corrected chi connectivity index (χ0v) is 10.5. The van der Waals surface area contributed by atoms with Gasteiger partial charge in [0, 0.05) is 13.6 Å². The summed E-state index contributed by atoms with van der Waals surface area (Å²) in [7, 11) is 1.64. The molecule has 1 atom stereocenters. The Hall–Kier alpha value is -1.67. The topological polar surface area (TPSA) is 91.5 Å². The van der Waals surface area contributed by atoms with Crippen LogP contribution in [0.3, 0.4) is 0 Å². The minimum absolute atomic E-state index is 0.0457. The third-order valence-electron chi connectivity index (χ3n) is 2.57. The lowest BCUT2D eigenvalue weighted by atomic mass is 10.3. The van der Waals surface area contributed by atoms with Crippen LogP contribution in [0, 0.1) is 10.1 Å². The Balaban J connectivity index is 1.97.